The van der Waals surface area contributed by atoms with Crippen molar-refractivity contribution >= 4 is 39.6 Å². The second-order valence-electron chi connectivity index (χ2n) is 5.48. The molecule has 0 radical (unpaired) electrons. The number of ether oxygens (including phenoxy) is 2. The smallest absolute Gasteiger partial charge is 0.311 e. The maximum atomic E-state index is 12.1. The molecule has 0 atom stereocenters. The van der Waals surface area contributed by atoms with Gasteiger partial charge in [-0.2, -0.15) is 5.10 Å². The van der Waals surface area contributed by atoms with Crippen LogP contribution in [-0.4, -0.2) is 43.7 Å². The monoisotopic (exact) mass is 464 g/mol. The number of carbonyl (C=O) groups is 2. The second-order valence-corrected chi connectivity index (χ2v) is 6.33. The van der Waals surface area contributed by atoms with Crippen molar-refractivity contribution in [3.8, 4) is 11.5 Å². The molecule has 0 unspecified atom stereocenters. The molecule has 0 saturated carbocycles. The van der Waals surface area contributed by atoms with Crippen molar-refractivity contribution in [2.24, 2.45) is 5.10 Å². The summed E-state index contributed by atoms with van der Waals surface area (Å²) in [6.07, 6.45) is 1.19. The van der Waals surface area contributed by atoms with E-state index in [0.717, 1.165) is 0 Å². The van der Waals surface area contributed by atoms with E-state index in [9.17, 15) is 19.7 Å². The third-order valence-electron chi connectivity index (χ3n) is 3.65. The van der Waals surface area contributed by atoms with Gasteiger partial charge in [-0.25, -0.2) is 5.43 Å². The van der Waals surface area contributed by atoms with Crippen LogP contribution in [0.25, 0.3) is 0 Å². The highest BCUT2D eigenvalue weighted by atomic mass is 79.9. The van der Waals surface area contributed by atoms with Gasteiger partial charge in [-0.05, 0) is 28.1 Å². The average Bonchev–Trinajstić information content (AvgIpc) is 2.71. The van der Waals surface area contributed by atoms with Gasteiger partial charge in [0.25, 0.3) is 11.8 Å². The molecule has 2 aromatic rings. The number of nitrogens with zero attached hydrogens (tertiary/aromatic N) is 2. The zero-order valence-corrected chi connectivity index (χ0v) is 17.1. The summed E-state index contributed by atoms with van der Waals surface area (Å²) in [5.41, 5.74) is 2.60. The molecule has 0 spiro atoms. The van der Waals surface area contributed by atoms with E-state index in [2.05, 4.69) is 31.8 Å². The SMILES string of the molecule is COc1cc(OC)c([N+](=O)[O-])cc1/C=N/NC(=O)CNC(=O)c1ccccc1Br. The van der Waals surface area contributed by atoms with Crippen LogP contribution < -0.4 is 20.2 Å². The number of rotatable bonds is 8. The lowest BCUT2D eigenvalue weighted by molar-refractivity contribution is -0.385. The molecule has 0 aliphatic carbocycles. The Balaban J connectivity index is 2.01. The standard InChI is InChI=1S/C18H17BrN4O6/c1-28-15-8-16(29-2)14(23(26)27)7-11(15)9-21-22-17(24)10-20-18(25)12-5-3-4-6-13(12)19/h3-9H,10H2,1-2H3,(H,20,25)(H,22,24)/b21-9+. The lowest BCUT2D eigenvalue weighted by Crippen LogP contribution is -2.35. The number of halogens is 1. The first kappa shape index (κ1) is 21.8. The average molecular weight is 465 g/mol. The maximum absolute atomic E-state index is 12.1. The Bertz CT molecular complexity index is 963. The molecule has 0 aliphatic heterocycles. The number of amides is 2. The Morgan fingerprint density at radius 3 is 2.52 bits per heavy atom. The van der Waals surface area contributed by atoms with E-state index in [4.69, 9.17) is 9.47 Å². The van der Waals surface area contributed by atoms with Gasteiger partial charge >= 0.3 is 5.69 Å². The molecule has 0 aliphatic rings. The van der Waals surface area contributed by atoms with E-state index >= 15 is 0 Å². The molecular weight excluding hydrogens is 448 g/mol. The van der Waals surface area contributed by atoms with Crippen LogP contribution >= 0.6 is 15.9 Å². The zero-order valence-electron chi connectivity index (χ0n) is 15.5. The van der Waals surface area contributed by atoms with Crippen molar-refractivity contribution in [2.75, 3.05) is 20.8 Å². The van der Waals surface area contributed by atoms with Gasteiger partial charge < -0.3 is 14.8 Å². The van der Waals surface area contributed by atoms with Crippen molar-refractivity contribution in [3.63, 3.8) is 0 Å². The molecule has 0 heterocycles. The number of nitro benzene ring substituents is 1. The van der Waals surface area contributed by atoms with E-state index in [1.807, 2.05) is 0 Å². The molecule has 29 heavy (non-hydrogen) atoms. The maximum Gasteiger partial charge on any atom is 0.311 e. The molecule has 0 fully saturated rings. The minimum absolute atomic E-state index is 0.0304. The summed E-state index contributed by atoms with van der Waals surface area (Å²) in [6.45, 7) is -0.308. The van der Waals surface area contributed by atoms with Crippen molar-refractivity contribution in [3.05, 3.63) is 62.1 Å². The summed E-state index contributed by atoms with van der Waals surface area (Å²) in [5, 5.41) is 17.3. The van der Waals surface area contributed by atoms with Gasteiger partial charge in [0.1, 0.15) is 5.75 Å². The van der Waals surface area contributed by atoms with Crippen molar-refractivity contribution < 1.29 is 24.0 Å². The van der Waals surface area contributed by atoms with E-state index in [0.29, 0.717) is 10.0 Å². The van der Waals surface area contributed by atoms with Gasteiger partial charge in [0, 0.05) is 22.2 Å². The minimum Gasteiger partial charge on any atom is -0.496 e. The number of hydrogen-bond donors (Lipinski definition) is 2. The van der Waals surface area contributed by atoms with Crippen molar-refractivity contribution in [1.29, 1.82) is 0 Å². The summed E-state index contributed by atoms with van der Waals surface area (Å²) in [4.78, 5) is 34.5. The fourth-order valence-corrected chi connectivity index (χ4v) is 2.73. The molecule has 0 aromatic heterocycles. The van der Waals surface area contributed by atoms with Crippen molar-refractivity contribution in [2.45, 2.75) is 0 Å². The molecular formula is C18H17BrN4O6. The fraction of sp³-hybridized carbons (Fsp3) is 0.167. The predicted molar refractivity (Wildman–Crippen MR) is 108 cm³/mol. The van der Waals surface area contributed by atoms with Gasteiger partial charge in [-0.3, -0.25) is 19.7 Å². The summed E-state index contributed by atoms with van der Waals surface area (Å²) in [6, 6.07) is 9.34. The summed E-state index contributed by atoms with van der Waals surface area (Å²) >= 11 is 3.26. The Labute approximate surface area is 174 Å². The molecule has 2 rings (SSSR count). The van der Waals surface area contributed by atoms with Crippen LogP contribution in [0.4, 0.5) is 5.69 Å². The topological polar surface area (TPSA) is 132 Å². The van der Waals surface area contributed by atoms with E-state index in [-0.39, 0.29) is 29.3 Å². The summed E-state index contributed by atoms with van der Waals surface area (Å²) in [7, 11) is 2.69. The quantitative estimate of drug-likeness (QED) is 0.349. The van der Waals surface area contributed by atoms with Crippen molar-refractivity contribution in [1.82, 2.24) is 10.7 Å². The molecule has 2 aromatic carbocycles. The van der Waals surface area contributed by atoms with E-state index < -0.39 is 16.7 Å². The third-order valence-corrected chi connectivity index (χ3v) is 4.34. The number of hydrazone groups is 1. The first-order valence-electron chi connectivity index (χ1n) is 8.12. The van der Waals surface area contributed by atoms with E-state index in [1.54, 1.807) is 24.3 Å². The number of nitrogens with one attached hydrogen (secondary N) is 2. The molecule has 2 amide bonds. The largest absolute Gasteiger partial charge is 0.496 e. The normalized spacial score (nSPS) is 10.4. The number of benzene rings is 2. The van der Waals surface area contributed by atoms with Gasteiger partial charge in [0.05, 0.1) is 37.5 Å². The van der Waals surface area contributed by atoms with Crippen LogP contribution in [0.5, 0.6) is 11.5 Å². The predicted octanol–water partition coefficient (Wildman–Crippen LogP) is 2.25. The Hall–Kier alpha value is -3.47. The minimum atomic E-state index is -0.606. The molecule has 0 bridgehead atoms. The van der Waals surface area contributed by atoms with Crippen LogP contribution in [0.1, 0.15) is 15.9 Å². The first-order valence-corrected chi connectivity index (χ1v) is 8.91. The summed E-state index contributed by atoms with van der Waals surface area (Å²) in [5.74, 6) is -0.705. The highest BCUT2D eigenvalue weighted by Gasteiger charge is 2.19. The number of methoxy groups -OCH3 is 2. The molecule has 10 nitrogen and oxygen atoms in total. The number of hydrogen-bond acceptors (Lipinski definition) is 7. The summed E-state index contributed by atoms with van der Waals surface area (Å²) < 4.78 is 10.7. The molecule has 11 heteroatoms. The molecule has 2 N–H and O–H groups in total. The van der Waals surface area contributed by atoms with Gasteiger partial charge in [-0.15, -0.1) is 0 Å². The zero-order chi connectivity index (χ0) is 21.4. The van der Waals surface area contributed by atoms with Gasteiger partial charge in [0.15, 0.2) is 0 Å². The lowest BCUT2D eigenvalue weighted by atomic mass is 10.1. The highest BCUT2D eigenvalue weighted by Crippen LogP contribution is 2.33. The fourth-order valence-electron chi connectivity index (χ4n) is 2.26. The van der Waals surface area contributed by atoms with Gasteiger partial charge in [0.2, 0.25) is 5.75 Å². The van der Waals surface area contributed by atoms with Crippen LogP contribution in [0.15, 0.2) is 46.0 Å². The second kappa shape index (κ2) is 10.2. The third kappa shape index (κ3) is 5.75. The van der Waals surface area contributed by atoms with Crippen LogP contribution in [0, 0.1) is 10.1 Å². The van der Waals surface area contributed by atoms with Crippen LogP contribution in [0.2, 0.25) is 0 Å². The first-order chi connectivity index (χ1) is 13.9. The Morgan fingerprint density at radius 2 is 1.90 bits per heavy atom. The van der Waals surface area contributed by atoms with Gasteiger partial charge in [-0.1, -0.05) is 12.1 Å². The number of nitro groups is 1. The molecule has 0 saturated heterocycles. The number of carbonyl (C=O) groups excluding carboxylic acids is 2. The van der Waals surface area contributed by atoms with Crippen LogP contribution in [-0.2, 0) is 4.79 Å². The Morgan fingerprint density at radius 1 is 1.21 bits per heavy atom. The highest BCUT2D eigenvalue weighted by molar-refractivity contribution is 9.10. The van der Waals surface area contributed by atoms with E-state index in [1.165, 1.54) is 32.6 Å². The lowest BCUT2D eigenvalue weighted by Gasteiger charge is -2.08. The molecule has 152 valence electrons. The van der Waals surface area contributed by atoms with Crippen LogP contribution in [0.3, 0.4) is 0 Å². The Kier molecular flexibility index (Phi) is 7.66.